The number of ether oxygens (including phenoxy) is 1. The molecule has 1 aliphatic heterocycles. The van der Waals surface area contributed by atoms with E-state index in [1.54, 1.807) is 12.5 Å². The topological polar surface area (TPSA) is 95.4 Å². The lowest BCUT2D eigenvalue weighted by atomic mass is 9.71. The summed E-state index contributed by atoms with van der Waals surface area (Å²) in [6.07, 6.45) is 1.37. The summed E-state index contributed by atoms with van der Waals surface area (Å²) in [7, 11) is 0. The van der Waals surface area contributed by atoms with Gasteiger partial charge >= 0.3 is 0 Å². The quantitative estimate of drug-likeness (QED) is 0.751. The van der Waals surface area contributed by atoms with E-state index >= 15 is 0 Å². The molecule has 6 heteroatoms. The Balaban J connectivity index is 2.34. The molecule has 112 valence electrons. The number of H-pyrrole nitrogens is 1. The number of aromatic amines is 1. The van der Waals surface area contributed by atoms with Crippen LogP contribution in [-0.4, -0.2) is 44.0 Å². The van der Waals surface area contributed by atoms with Crippen molar-refractivity contribution in [3.8, 4) is 0 Å². The molecule has 2 unspecified atom stereocenters. The third-order valence-electron chi connectivity index (χ3n) is 3.82. The third-order valence-corrected chi connectivity index (χ3v) is 3.82. The van der Waals surface area contributed by atoms with Crippen LogP contribution >= 0.6 is 0 Å². The van der Waals surface area contributed by atoms with Crippen LogP contribution < -0.4 is 0 Å². The van der Waals surface area contributed by atoms with Gasteiger partial charge in [0.05, 0.1) is 12.4 Å². The van der Waals surface area contributed by atoms with Crippen molar-refractivity contribution in [3.05, 3.63) is 18.2 Å². The molecule has 6 nitrogen and oxygen atoms in total. The van der Waals surface area contributed by atoms with Gasteiger partial charge in [-0.25, -0.2) is 4.98 Å². The van der Waals surface area contributed by atoms with Crippen molar-refractivity contribution in [1.29, 1.82) is 0 Å². The summed E-state index contributed by atoms with van der Waals surface area (Å²) in [5.74, 6) is -0.815. The van der Waals surface area contributed by atoms with Crippen LogP contribution in [0.15, 0.2) is 12.5 Å². The summed E-state index contributed by atoms with van der Waals surface area (Å²) in [4.78, 5) is 18.8. The van der Waals surface area contributed by atoms with E-state index in [9.17, 15) is 15.0 Å². The lowest BCUT2D eigenvalue weighted by Gasteiger charge is -2.43. The van der Waals surface area contributed by atoms with Gasteiger partial charge in [0.2, 0.25) is 12.1 Å². The number of carbonyl (C=O) groups excluding carboxylic acids is 1. The van der Waals surface area contributed by atoms with Crippen LogP contribution in [0, 0.1) is 5.41 Å². The molecule has 0 bridgehead atoms. The van der Waals surface area contributed by atoms with Crippen molar-refractivity contribution in [2.45, 2.75) is 58.0 Å². The lowest BCUT2D eigenvalue weighted by molar-refractivity contribution is -0.215. The maximum Gasteiger partial charge on any atom is 0.219 e. The van der Waals surface area contributed by atoms with Crippen LogP contribution in [0.2, 0.25) is 0 Å². The van der Waals surface area contributed by atoms with E-state index in [-0.39, 0.29) is 17.8 Å². The largest absolute Gasteiger partial charge is 0.382 e. The summed E-state index contributed by atoms with van der Waals surface area (Å²) in [6, 6.07) is 0. The molecular weight excluding hydrogens is 260 g/mol. The summed E-state index contributed by atoms with van der Waals surface area (Å²) in [6.45, 7) is 7.54. The van der Waals surface area contributed by atoms with E-state index in [0.29, 0.717) is 0 Å². The zero-order chi connectivity index (χ0) is 15.1. The number of hydrogen-bond donors (Lipinski definition) is 3. The minimum Gasteiger partial charge on any atom is -0.382 e. The van der Waals surface area contributed by atoms with E-state index in [1.807, 2.05) is 20.8 Å². The smallest absolute Gasteiger partial charge is 0.219 e. The number of Topliss-reactive ketones (excluding diaryl/α,β-unsaturated/α-hetero) is 1. The molecule has 1 aromatic heterocycles. The lowest BCUT2D eigenvalue weighted by Crippen LogP contribution is -2.55. The SMILES string of the molecule is CC(C)(C)C(c1cnc[nH]1)C1C[C@@](C)(O)C(=O)[C@H](O)O1. The second-order valence-electron chi connectivity index (χ2n) is 6.72. The first-order chi connectivity index (χ1) is 9.13. The van der Waals surface area contributed by atoms with Crippen LogP contribution in [0.3, 0.4) is 0 Å². The van der Waals surface area contributed by atoms with E-state index in [4.69, 9.17) is 4.74 Å². The Morgan fingerprint density at radius 1 is 1.55 bits per heavy atom. The zero-order valence-corrected chi connectivity index (χ0v) is 12.3. The van der Waals surface area contributed by atoms with Crippen molar-refractivity contribution in [3.63, 3.8) is 0 Å². The molecule has 1 aromatic rings. The molecule has 1 saturated heterocycles. The van der Waals surface area contributed by atoms with Gasteiger partial charge in [-0.3, -0.25) is 4.79 Å². The molecule has 0 aliphatic carbocycles. The van der Waals surface area contributed by atoms with Gasteiger partial charge in [-0.2, -0.15) is 0 Å². The van der Waals surface area contributed by atoms with Crippen molar-refractivity contribution in [1.82, 2.24) is 9.97 Å². The van der Waals surface area contributed by atoms with Gasteiger partial charge in [0.15, 0.2) is 0 Å². The van der Waals surface area contributed by atoms with Gasteiger partial charge < -0.3 is 19.9 Å². The average Bonchev–Trinajstić information content (AvgIpc) is 2.77. The number of ketones is 1. The first kappa shape index (κ1) is 15.2. The van der Waals surface area contributed by atoms with Crippen LogP contribution in [-0.2, 0) is 9.53 Å². The minimum atomic E-state index is -1.59. The van der Waals surface area contributed by atoms with Crippen molar-refractivity contribution < 1.29 is 19.7 Å². The van der Waals surface area contributed by atoms with Gasteiger partial charge in [0, 0.05) is 24.2 Å². The van der Waals surface area contributed by atoms with Gasteiger partial charge in [-0.05, 0) is 12.3 Å². The Hall–Kier alpha value is -1.24. The van der Waals surface area contributed by atoms with Crippen molar-refractivity contribution in [2.24, 2.45) is 5.41 Å². The van der Waals surface area contributed by atoms with E-state index in [2.05, 4.69) is 9.97 Å². The highest BCUT2D eigenvalue weighted by atomic mass is 16.6. The first-order valence-corrected chi connectivity index (χ1v) is 6.71. The number of hydrogen-bond acceptors (Lipinski definition) is 5. The number of nitrogens with one attached hydrogen (secondary N) is 1. The van der Waals surface area contributed by atoms with Crippen molar-refractivity contribution in [2.75, 3.05) is 0 Å². The van der Waals surface area contributed by atoms with E-state index in [1.165, 1.54) is 6.92 Å². The van der Waals surface area contributed by atoms with Gasteiger partial charge in [0.1, 0.15) is 5.60 Å². The summed E-state index contributed by atoms with van der Waals surface area (Å²) in [5.41, 5.74) is -0.904. The molecule has 2 heterocycles. The number of carbonyl (C=O) groups is 1. The van der Waals surface area contributed by atoms with Crippen LogP contribution in [0.5, 0.6) is 0 Å². The van der Waals surface area contributed by atoms with Crippen molar-refractivity contribution >= 4 is 5.78 Å². The average molecular weight is 282 g/mol. The number of imidazole rings is 1. The fraction of sp³-hybridized carbons (Fsp3) is 0.714. The molecular formula is C14H22N2O4. The highest BCUT2D eigenvalue weighted by Crippen LogP contribution is 2.42. The molecule has 0 aromatic carbocycles. The number of aliphatic hydroxyl groups is 2. The summed E-state index contributed by atoms with van der Waals surface area (Å²) >= 11 is 0. The third kappa shape index (κ3) is 2.77. The van der Waals surface area contributed by atoms with E-state index < -0.39 is 23.8 Å². The second kappa shape index (κ2) is 4.95. The Morgan fingerprint density at radius 3 is 2.65 bits per heavy atom. The van der Waals surface area contributed by atoms with Crippen LogP contribution in [0.25, 0.3) is 0 Å². The fourth-order valence-electron chi connectivity index (χ4n) is 2.89. The first-order valence-electron chi connectivity index (χ1n) is 6.71. The molecule has 2 rings (SSSR count). The number of aliphatic hydroxyl groups excluding tert-OH is 1. The predicted molar refractivity (Wildman–Crippen MR) is 71.9 cm³/mol. The van der Waals surface area contributed by atoms with Gasteiger partial charge in [0.25, 0.3) is 0 Å². The number of aromatic nitrogens is 2. The molecule has 20 heavy (non-hydrogen) atoms. The maximum absolute atomic E-state index is 11.7. The Kier molecular flexibility index (Phi) is 3.75. The normalized spacial score (nSPS) is 33.2. The van der Waals surface area contributed by atoms with E-state index in [0.717, 1.165) is 5.69 Å². The van der Waals surface area contributed by atoms with Gasteiger partial charge in [-0.15, -0.1) is 0 Å². The molecule has 0 spiro atoms. The maximum atomic E-state index is 11.7. The van der Waals surface area contributed by atoms with Crippen LogP contribution in [0.4, 0.5) is 0 Å². The number of rotatable bonds is 2. The molecule has 0 saturated carbocycles. The highest BCUT2D eigenvalue weighted by molar-refractivity contribution is 5.90. The Labute approximate surface area is 118 Å². The summed E-state index contributed by atoms with van der Waals surface area (Å²) < 4.78 is 5.44. The monoisotopic (exact) mass is 282 g/mol. The minimum absolute atomic E-state index is 0.126. The molecule has 0 radical (unpaired) electrons. The molecule has 1 aliphatic rings. The molecule has 0 amide bonds. The van der Waals surface area contributed by atoms with Crippen LogP contribution in [0.1, 0.15) is 45.7 Å². The number of nitrogens with zero attached hydrogens (tertiary/aromatic N) is 1. The molecule has 4 atom stereocenters. The Bertz CT molecular complexity index is 476. The second-order valence-corrected chi connectivity index (χ2v) is 6.72. The highest BCUT2D eigenvalue weighted by Gasteiger charge is 2.49. The predicted octanol–water partition coefficient (Wildman–Crippen LogP) is 0.967. The van der Waals surface area contributed by atoms with Gasteiger partial charge in [-0.1, -0.05) is 20.8 Å². The fourth-order valence-corrected chi connectivity index (χ4v) is 2.89. The standard InChI is InChI=1S/C14H22N2O4/c1-13(2,3)10(8-6-15-7-16-8)9-5-14(4,19)11(17)12(18)20-9/h6-7,9-10,12,18-19H,5H2,1-4H3,(H,15,16)/t9?,10?,12-,14-/m1/s1. The molecule has 3 N–H and O–H groups in total. The zero-order valence-electron chi connectivity index (χ0n) is 12.3. The molecule has 1 fully saturated rings. The Morgan fingerprint density at radius 2 is 2.20 bits per heavy atom. The summed E-state index contributed by atoms with van der Waals surface area (Å²) in [5, 5.41) is 19.9.